The van der Waals surface area contributed by atoms with Crippen LogP contribution in [0.15, 0.2) is 36.8 Å². The van der Waals surface area contributed by atoms with Crippen LogP contribution >= 0.6 is 11.6 Å². The van der Waals surface area contributed by atoms with E-state index in [1.165, 1.54) is 6.20 Å². The summed E-state index contributed by atoms with van der Waals surface area (Å²) in [6.45, 7) is 1.01. The average Bonchev–Trinajstić information content (AvgIpc) is 3.46. The number of nitrogens with zero attached hydrogens (tertiary/aromatic N) is 6. The molecule has 188 valence electrons. The number of aromatic nitrogens is 4. The van der Waals surface area contributed by atoms with Gasteiger partial charge in [-0.1, -0.05) is 11.6 Å². The molecule has 1 aliphatic carbocycles. The number of rotatable bonds is 7. The van der Waals surface area contributed by atoms with Gasteiger partial charge in [0.25, 0.3) is 0 Å². The number of nitrogens with one attached hydrogen (secondary N) is 1. The second-order valence-corrected chi connectivity index (χ2v) is 9.73. The van der Waals surface area contributed by atoms with Crippen molar-refractivity contribution in [1.29, 1.82) is 0 Å². The molecule has 2 aliphatic heterocycles. The monoisotopic (exact) mass is 511 g/mol. The Labute approximate surface area is 212 Å². The van der Waals surface area contributed by atoms with Crippen LogP contribution in [0.1, 0.15) is 25.3 Å². The van der Waals surface area contributed by atoms with Crippen LogP contribution in [0.5, 0.6) is 5.88 Å². The van der Waals surface area contributed by atoms with Gasteiger partial charge in [0.2, 0.25) is 5.88 Å². The average molecular weight is 512 g/mol. The fraction of sp³-hybridized carbons (Fsp3) is 0.417. The minimum atomic E-state index is -1.01. The van der Waals surface area contributed by atoms with E-state index in [-0.39, 0.29) is 24.6 Å². The molecule has 1 saturated heterocycles. The van der Waals surface area contributed by atoms with Crippen molar-refractivity contribution >= 4 is 34.8 Å². The number of carbonyl (C=O) groups excluding carboxylic acids is 1. The standard InChI is InChI=1S/C24H26ClN7O4/c25-19-8-20-23(29-22(19)14-9-27-31(10-14)16-1-2-16)32(17-4-6-30(20)11-17)24(35)28-15-3-5-26-21(7-15)36-13-18(34)12-33/h3,5,7-10,16-18,33-34H,1-2,4,6,11-13H2,(H,26,28,35)/t17-,18-/m0/s1. The lowest BCUT2D eigenvalue weighted by Gasteiger charge is -2.36. The van der Waals surface area contributed by atoms with Crippen LogP contribution < -0.4 is 19.9 Å². The molecule has 3 N–H and O–H groups in total. The Morgan fingerprint density at radius 3 is 2.94 bits per heavy atom. The molecule has 0 aromatic carbocycles. The molecule has 2 amide bonds. The van der Waals surface area contributed by atoms with Gasteiger partial charge in [0.05, 0.1) is 41.3 Å². The fourth-order valence-corrected chi connectivity index (χ4v) is 4.93. The maximum absolute atomic E-state index is 13.5. The summed E-state index contributed by atoms with van der Waals surface area (Å²) in [5.41, 5.74) is 2.75. The number of fused-ring (bicyclic) bond motifs is 4. The zero-order valence-electron chi connectivity index (χ0n) is 19.4. The zero-order valence-corrected chi connectivity index (χ0v) is 20.2. The predicted octanol–water partition coefficient (Wildman–Crippen LogP) is 2.69. The molecule has 0 radical (unpaired) electrons. The lowest BCUT2D eigenvalue weighted by atomic mass is 10.1. The van der Waals surface area contributed by atoms with Gasteiger partial charge in [0.1, 0.15) is 12.7 Å². The zero-order chi connectivity index (χ0) is 24.8. The molecule has 2 fully saturated rings. The van der Waals surface area contributed by atoms with Crippen molar-refractivity contribution in [2.75, 3.05) is 41.4 Å². The van der Waals surface area contributed by atoms with Crippen LogP contribution in [0.4, 0.5) is 22.0 Å². The normalized spacial score (nSPS) is 19.2. The largest absolute Gasteiger partial charge is 0.475 e. The summed E-state index contributed by atoms with van der Waals surface area (Å²) >= 11 is 6.67. The molecule has 1 saturated carbocycles. The Hall–Kier alpha value is -3.41. The topological polar surface area (TPSA) is 129 Å². The van der Waals surface area contributed by atoms with E-state index >= 15 is 0 Å². The molecule has 3 aromatic heterocycles. The lowest BCUT2D eigenvalue weighted by Crippen LogP contribution is -2.48. The molecule has 3 aliphatic rings. The van der Waals surface area contributed by atoms with Gasteiger partial charge >= 0.3 is 6.03 Å². The van der Waals surface area contributed by atoms with E-state index in [0.717, 1.165) is 37.1 Å². The summed E-state index contributed by atoms with van der Waals surface area (Å²) in [5.74, 6) is 0.794. The van der Waals surface area contributed by atoms with Gasteiger partial charge in [0.15, 0.2) is 5.82 Å². The number of ether oxygens (including phenoxy) is 1. The maximum atomic E-state index is 13.5. The molecule has 2 atom stereocenters. The number of hydrogen-bond acceptors (Lipinski definition) is 8. The first-order valence-electron chi connectivity index (χ1n) is 12.0. The molecule has 0 spiro atoms. The predicted molar refractivity (Wildman–Crippen MR) is 134 cm³/mol. The Morgan fingerprint density at radius 2 is 2.14 bits per heavy atom. The van der Waals surface area contributed by atoms with Crippen molar-refractivity contribution in [1.82, 2.24) is 19.7 Å². The number of aliphatic hydroxyl groups is 2. The number of anilines is 3. The molecule has 0 unspecified atom stereocenters. The lowest BCUT2D eigenvalue weighted by molar-refractivity contribution is 0.0521. The van der Waals surface area contributed by atoms with Gasteiger partial charge < -0.3 is 25.2 Å². The van der Waals surface area contributed by atoms with Gasteiger partial charge in [-0.15, -0.1) is 0 Å². The van der Waals surface area contributed by atoms with Crippen molar-refractivity contribution in [2.24, 2.45) is 0 Å². The first kappa shape index (κ1) is 23.0. The van der Waals surface area contributed by atoms with Crippen molar-refractivity contribution < 1.29 is 19.7 Å². The molecule has 11 nitrogen and oxygen atoms in total. The van der Waals surface area contributed by atoms with Crippen molar-refractivity contribution in [3.05, 3.63) is 41.8 Å². The van der Waals surface area contributed by atoms with E-state index in [0.29, 0.717) is 34.8 Å². The van der Waals surface area contributed by atoms with E-state index in [1.54, 1.807) is 23.2 Å². The van der Waals surface area contributed by atoms with Gasteiger partial charge in [-0.05, 0) is 31.4 Å². The Balaban J connectivity index is 1.28. The molecule has 12 heteroatoms. The van der Waals surface area contributed by atoms with E-state index in [4.69, 9.17) is 26.4 Å². The molecule has 36 heavy (non-hydrogen) atoms. The van der Waals surface area contributed by atoms with Crippen molar-refractivity contribution in [2.45, 2.75) is 37.5 Å². The number of carbonyl (C=O) groups is 1. The van der Waals surface area contributed by atoms with Gasteiger partial charge in [-0.25, -0.2) is 14.8 Å². The van der Waals surface area contributed by atoms with Gasteiger partial charge in [-0.3, -0.25) is 9.58 Å². The minimum Gasteiger partial charge on any atom is -0.475 e. The smallest absolute Gasteiger partial charge is 0.327 e. The minimum absolute atomic E-state index is 0.0227. The SMILES string of the molecule is O=C(Nc1ccnc(OC[C@@H](O)CO)c1)N1c2nc(-c3cnn(C4CC4)c3)c(Cl)cc2N2CC[C@H]1C2. The first-order valence-corrected chi connectivity index (χ1v) is 12.4. The summed E-state index contributed by atoms with van der Waals surface area (Å²) in [7, 11) is 0. The fourth-order valence-electron chi connectivity index (χ4n) is 4.67. The summed E-state index contributed by atoms with van der Waals surface area (Å²) < 4.78 is 7.36. The summed E-state index contributed by atoms with van der Waals surface area (Å²) in [4.78, 5) is 26.4. The molecule has 5 heterocycles. The first-order chi connectivity index (χ1) is 17.5. The van der Waals surface area contributed by atoms with Crippen LogP contribution in [0.3, 0.4) is 0 Å². The Kier molecular flexibility index (Phi) is 5.90. The van der Waals surface area contributed by atoms with Crippen LogP contribution in [0.2, 0.25) is 5.02 Å². The number of amides is 2. The molecular weight excluding hydrogens is 486 g/mol. The summed E-state index contributed by atoms with van der Waals surface area (Å²) in [5, 5.41) is 26.4. The number of aliphatic hydroxyl groups excluding tert-OH is 2. The Bertz CT molecular complexity index is 1300. The molecule has 2 bridgehead atoms. The third-order valence-corrected chi connectivity index (χ3v) is 6.96. The highest BCUT2D eigenvalue weighted by Crippen LogP contribution is 2.43. The highest BCUT2D eigenvalue weighted by Gasteiger charge is 2.41. The number of pyridine rings is 2. The number of halogens is 1. The highest BCUT2D eigenvalue weighted by molar-refractivity contribution is 6.33. The van der Waals surface area contributed by atoms with E-state index < -0.39 is 12.7 Å². The van der Waals surface area contributed by atoms with Crippen LogP contribution in [0, 0.1) is 0 Å². The quantitative estimate of drug-likeness (QED) is 0.441. The van der Waals surface area contributed by atoms with Crippen LogP contribution in [-0.2, 0) is 0 Å². The Morgan fingerprint density at radius 1 is 1.28 bits per heavy atom. The van der Waals surface area contributed by atoms with Gasteiger partial charge in [-0.2, -0.15) is 5.10 Å². The van der Waals surface area contributed by atoms with Crippen LogP contribution in [-0.4, -0.2) is 74.4 Å². The second-order valence-electron chi connectivity index (χ2n) is 9.32. The number of hydrogen-bond donors (Lipinski definition) is 3. The second kappa shape index (κ2) is 9.23. The third-order valence-electron chi connectivity index (χ3n) is 6.67. The highest BCUT2D eigenvalue weighted by atomic mass is 35.5. The summed E-state index contributed by atoms with van der Waals surface area (Å²) in [6, 6.07) is 5.23. The maximum Gasteiger partial charge on any atom is 0.327 e. The molecule has 3 aromatic rings. The van der Waals surface area contributed by atoms with E-state index in [1.807, 2.05) is 16.9 Å². The van der Waals surface area contributed by atoms with E-state index in [2.05, 4.69) is 20.3 Å². The molecule has 6 rings (SSSR count). The van der Waals surface area contributed by atoms with E-state index in [9.17, 15) is 9.90 Å². The number of urea groups is 1. The third kappa shape index (κ3) is 4.34. The van der Waals surface area contributed by atoms with Gasteiger partial charge in [0, 0.05) is 42.8 Å². The summed E-state index contributed by atoms with van der Waals surface area (Å²) in [6.07, 6.45) is 7.30. The van der Waals surface area contributed by atoms with Crippen LogP contribution in [0.25, 0.3) is 11.3 Å². The molecular formula is C24H26ClN7O4. The van der Waals surface area contributed by atoms with Crippen molar-refractivity contribution in [3.63, 3.8) is 0 Å². The van der Waals surface area contributed by atoms with Crippen molar-refractivity contribution in [3.8, 4) is 17.1 Å².